The minimum Gasteiger partial charge on any atom is -0.492 e. The van der Waals surface area contributed by atoms with Gasteiger partial charge in [0, 0.05) is 31.9 Å². The first-order chi connectivity index (χ1) is 12.2. The maximum absolute atomic E-state index is 5.68. The van der Waals surface area contributed by atoms with Crippen LogP contribution in [-0.2, 0) is 26.4 Å². The van der Waals surface area contributed by atoms with Gasteiger partial charge in [-0.3, -0.25) is 9.67 Å². The van der Waals surface area contributed by atoms with Crippen LogP contribution >= 0.6 is 0 Å². The fourth-order valence-electron chi connectivity index (χ4n) is 2.84. The third kappa shape index (κ3) is 5.24. The molecule has 25 heavy (non-hydrogen) atoms. The number of nitrogens with zero attached hydrogens (tertiary/aromatic N) is 3. The highest BCUT2D eigenvalue weighted by Gasteiger charge is 2.13. The van der Waals surface area contributed by atoms with E-state index >= 15 is 0 Å². The highest BCUT2D eigenvalue weighted by Crippen LogP contribution is 2.15. The van der Waals surface area contributed by atoms with Crippen molar-refractivity contribution in [2.45, 2.75) is 33.2 Å². The average molecular weight is 343 g/mol. The van der Waals surface area contributed by atoms with Crippen LogP contribution in [0.25, 0.3) is 0 Å². The summed E-state index contributed by atoms with van der Waals surface area (Å²) >= 11 is 0. The van der Waals surface area contributed by atoms with Crippen molar-refractivity contribution in [2.24, 2.45) is 12.0 Å². The average Bonchev–Trinajstić information content (AvgIpc) is 2.96. The second kappa shape index (κ2) is 9.71. The van der Waals surface area contributed by atoms with Gasteiger partial charge in [0.15, 0.2) is 5.96 Å². The summed E-state index contributed by atoms with van der Waals surface area (Å²) in [6, 6.07) is 9.81. The Labute approximate surface area is 150 Å². The Morgan fingerprint density at radius 2 is 1.92 bits per heavy atom. The van der Waals surface area contributed by atoms with E-state index < -0.39 is 0 Å². The number of aliphatic imine (C=N–C) groups is 1. The van der Waals surface area contributed by atoms with Crippen LogP contribution in [0, 0.1) is 0 Å². The number of aryl methyl sites for hydroxylation is 2. The minimum atomic E-state index is 0.581. The van der Waals surface area contributed by atoms with Crippen LogP contribution in [0.3, 0.4) is 0 Å². The molecule has 0 aliphatic heterocycles. The quantitative estimate of drug-likeness (QED) is 0.438. The van der Waals surface area contributed by atoms with Crippen LogP contribution in [0.15, 0.2) is 35.3 Å². The molecule has 0 amide bonds. The predicted molar refractivity (Wildman–Crippen MR) is 102 cm³/mol. The molecule has 6 heteroatoms. The smallest absolute Gasteiger partial charge is 0.191 e. The summed E-state index contributed by atoms with van der Waals surface area (Å²) in [6.07, 6.45) is 1.90. The summed E-state index contributed by atoms with van der Waals surface area (Å²) in [5, 5.41) is 11.3. The monoisotopic (exact) mass is 343 g/mol. The number of hydrogen-bond donors (Lipinski definition) is 2. The SMILES string of the molecule is CCc1nn(C)c(CC)c1CNC(=NC)NCCOc1ccccc1. The van der Waals surface area contributed by atoms with Crippen molar-refractivity contribution in [1.29, 1.82) is 0 Å². The first-order valence-corrected chi connectivity index (χ1v) is 8.85. The van der Waals surface area contributed by atoms with Crippen molar-refractivity contribution < 1.29 is 4.74 Å². The summed E-state index contributed by atoms with van der Waals surface area (Å²) < 4.78 is 7.67. The van der Waals surface area contributed by atoms with Gasteiger partial charge in [0.05, 0.1) is 12.2 Å². The summed E-state index contributed by atoms with van der Waals surface area (Å²) in [5.41, 5.74) is 3.69. The van der Waals surface area contributed by atoms with E-state index in [-0.39, 0.29) is 0 Å². The molecule has 0 radical (unpaired) electrons. The molecular weight excluding hydrogens is 314 g/mol. The third-order valence-electron chi connectivity index (χ3n) is 4.09. The van der Waals surface area contributed by atoms with E-state index in [1.807, 2.05) is 42.1 Å². The Hall–Kier alpha value is -2.50. The Morgan fingerprint density at radius 3 is 2.56 bits per heavy atom. The number of nitrogens with one attached hydrogen (secondary N) is 2. The van der Waals surface area contributed by atoms with Gasteiger partial charge in [0.1, 0.15) is 12.4 Å². The van der Waals surface area contributed by atoms with E-state index in [2.05, 4.69) is 34.6 Å². The molecule has 0 bridgehead atoms. The van der Waals surface area contributed by atoms with E-state index in [0.717, 1.165) is 36.8 Å². The Bertz CT molecular complexity index is 679. The molecule has 0 atom stereocenters. The standard InChI is InChI=1S/C19H29N5O/c1-5-17-16(18(6-2)24(4)23-17)14-22-19(20-3)21-12-13-25-15-10-8-7-9-11-15/h7-11H,5-6,12-14H2,1-4H3,(H2,20,21,22). The first kappa shape index (κ1) is 18.8. The summed E-state index contributed by atoms with van der Waals surface area (Å²) in [7, 11) is 3.79. The molecule has 0 fully saturated rings. The summed E-state index contributed by atoms with van der Waals surface area (Å²) in [6.45, 7) is 6.29. The van der Waals surface area contributed by atoms with Crippen LogP contribution in [0.2, 0.25) is 0 Å². The zero-order valence-corrected chi connectivity index (χ0v) is 15.7. The molecule has 0 unspecified atom stereocenters. The molecule has 0 aliphatic rings. The molecule has 2 rings (SSSR count). The molecule has 136 valence electrons. The van der Waals surface area contributed by atoms with Gasteiger partial charge in [-0.2, -0.15) is 5.10 Å². The van der Waals surface area contributed by atoms with Crippen molar-refractivity contribution in [1.82, 2.24) is 20.4 Å². The first-order valence-electron chi connectivity index (χ1n) is 8.85. The van der Waals surface area contributed by atoms with Crippen molar-refractivity contribution >= 4 is 5.96 Å². The molecule has 0 spiro atoms. The molecule has 1 heterocycles. The number of rotatable bonds is 8. The van der Waals surface area contributed by atoms with Gasteiger partial charge in [-0.1, -0.05) is 32.0 Å². The topological polar surface area (TPSA) is 63.5 Å². The maximum Gasteiger partial charge on any atom is 0.191 e. The van der Waals surface area contributed by atoms with Gasteiger partial charge in [-0.15, -0.1) is 0 Å². The molecule has 2 N–H and O–H groups in total. The Balaban J connectivity index is 1.82. The summed E-state index contributed by atoms with van der Waals surface area (Å²) in [5.74, 6) is 1.65. The van der Waals surface area contributed by atoms with Gasteiger partial charge < -0.3 is 15.4 Å². The number of benzene rings is 1. The van der Waals surface area contributed by atoms with E-state index in [0.29, 0.717) is 13.2 Å². The normalized spacial score (nSPS) is 11.4. The van der Waals surface area contributed by atoms with Crippen LogP contribution in [-0.4, -0.2) is 35.9 Å². The second-order valence-corrected chi connectivity index (χ2v) is 5.72. The molecule has 0 saturated heterocycles. The predicted octanol–water partition coefficient (Wildman–Crippen LogP) is 2.29. The number of guanidine groups is 1. The molecular formula is C19H29N5O. The Kier molecular flexibility index (Phi) is 7.32. The fraction of sp³-hybridized carbons (Fsp3) is 0.474. The molecule has 0 aliphatic carbocycles. The lowest BCUT2D eigenvalue weighted by Crippen LogP contribution is -2.39. The lowest BCUT2D eigenvalue weighted by atomic mass is 10.1. The van der Waals surface area contributed by atoms with Gasteiger partial charge in [-0.25, -0.2) is 0 Å². The van der Waals surface area contributed by atoms with Crippen LogP contribution in [0.4, 0.5) is 0 Å². The van der Waals surface area contributed by atoms with E-state index in [1.54, 1.807) is 7.05 Å². The Morgan fingerprint density at radius 1 is 1.16 bits per heavy atom. The maximum atomic E-state index is 5.68. The van der Waals surface area contributed by atoms with Crippen LogP contribution in [0.1, 0.15) is 30.8 Å². The molecule has 1 aromatic heterocycles. The van der Waals surface area contributed by atoms with Gasteiger partial charge in [0.25, 0.3) is 0 Å². The molecule has 0 saturated carbocycles. The molecule has 6 nitrogen and oxygen atoms in total. The van der Waals surface area contributed by atoms with E-state index in [1.165, 1.54) is 11.3 Å². The molecule has 2 aromatic rings. The van der Waals surface area contributed by atoms with Gasteiger partial charge >= 0.3 is 0 Å². The number of ether oxygens (including phenoxy) is 1. The lowest BCUT2D eigenvalue weighted by molar-refractivity contribution is 0.322. The highest BCUT2D eigenvalue weighted by molar-refractivity contribution is 5.79. The lowest BCUT2D eigenvalue weighted by Gasteiger charge is -2.13. The highest BCUT2D eigenvalue weighted by atomic mass is 16.5. The zero-order chi connectivity index (χ0) is 18.1. The van der Waals surface area contributed by atoms with Gasteiger partial charge in [0.2, 0.25) is 0 Å². The zero-order valence-electron chi connectivity index (χ0n) is 15.7. The number of aromatic nitrogens is 2. The second-order valence-electron chi connectivity index (χ2n) is 5.72. The van der Waals surface area contributed by atoms with Crippen LogP contribution < -0.4 is 15.4 Å². The van der Waals surface area contributed by atoms with Crippen molar-refractivity contribution in [3.8, 4) is 5.75 Å². The fourth-order valence-corrected chi connectivity index (χ4v) is 2.84. The van der Waals surface area contributed by atoms with Crippen LogP contribution in [0.5, 0.6) is 5.75 Å². The minimum absolute atomic E-state index is 0.581. The number of hydrogen-bond acceptors (Lipinski definition) is 3. The molecule has 1 aromatic carbocycles. The van der Waals surface area contributed by atoms with Crippen molar-refractivity contribution in [2.75, 3.05) is 20.2 Å². The third-order valence-corrected chi connectivity index (χ3v) is 4.09. The van der Waals surface area contributed by atoms with E-state index in [4.69, 9.17) is 4.74 Å². The number of para-hydroxylation sites is 1. The summed E-state index contributed by atoms with van der Waals surface area (Å²) in [4.78, 5) is 4.28. The van der Waals surface area contributed by atoms with Gasteiger partial charge in [-0.05, 0) is 25.0 Å². The largest absolute Gasteiger partial charge is 0.492 e. The van der Waals surface area contributed by atoms with Crippen molar-refractivity contribution in [3.05, 3.63) is 47.3 Å². The van der Waals surface area contributed by atoms with Crippen molar-refractivity contribution in [3.63, 3.8) is 0 Å². The van der Waals surface area contributed by atoms with E-state index in [9.17, 15) is 0 Å².